The molecule has 0 heterocycles. The molecule has 3 nitrogen and oxygen atoms in total. The van der Waals surface area contributed by atoms with Gasteiger partial charge in [0.05, 0.1) is 5.92 Å². The van der Waals surface area contributed by atoms with Crippen molar-refractivity contribution in [1.29, 1.82) is 0 Å². The fourth-order valence-corrected chi connectivity index (χ4v) is 0.981. The van der Waals surface area contributed by atoms with Crippen LogP contribution in [-0.2, 0) is 14.3 Å². The molecular weight excluding hydrogens is 144 g/mol. The standard InChI is InChI=1S/C8H14O3/c1-3-5-7(4-2)8(10)11-6-9/h6-7H,3-5H2,1-2H3. The predicted molar refractivity (Wildman–Crippen MR) is 40.8 cm³/mol. The van der Waals surface area contributed by atoms with E-state index in [0.717, 1.165) is 19.3 Å². The molecule has 0 aromatic rings. The summed E-state index contributed by atoms with van der Waals surface area (Å²) in [5.74, 6) is -0.505. The topological polar surface area (TPSA) is 43.4 Å². The second-order valence-corrected chi connectivity index (χ2v) is 2.43. The molecule has 0 radical (unpaired) electrons. The lowest BCUT2D eigenvalue weighted by atomic mass is 10.0. The molecule has 0 aliphatic rings. The van der Waals surface area contributed by atoms with E-state index in [1.54, 1.807) is 0 Å². The molecule has 0 aromatic carbocycles. The van der Waals surface area contributed by atoms with Crippen molar-refractivity contribution in [1.82, 2.24) is 0 Å². The van der Waals surface area contributed by atoms with Gasteiger partial charge in [-0.05, 0) is 12.8 Å². The average Bonchev–Trinajstić information content (AvgIpc) is 2.00. The molecule has 0 aromatic heterocycles. The summed E-state index contributed by atoms with van der Waals surface area (Å²) in [6, 6.07) is 0. The van der Waals surface area contributed by atoms with E-state index in [9.17, 15) is 9.59 Å². The normalized spacial score (nSPS) is 12.2. The van der Waals surface area contributed by atoms with Crippen LogP contribution in [0.1, 0.15) is 33.1 Å². The molecule has 0 fully saturated rings. The molecule has 0 spiro atoms. The van der Waals surface area contributed by atoms with Crippen LogP contribution in [0.2, 0.25) is 0 Å². The molecule has 3 heteroatoms. The number of ether oxygens (including phenoxy) is 1. The van der Waals surface area contributed by atoms with Crippen LogP contribution in [0.3, 0.4) is 0 Å². The van der Waals surface area contributed by atoms with E-state index in [0.29, 0.717) is 0 Å². The first-order valence-corrected chi connectivity index (χ1v) is 3.90. The van der Waals surface area contributed by atoms with Gasteiger partial charge in [0.15, 0.2) is 0 Å². The van der Waals surface area contributed by atoms with E-state index >= 15 is 0 Å². The maximum Gasteiger partial charge on any atom is 0.316 e. The third-order valence-corrected chi connectivity index (χ3v) is 1.63. The lowest BCUT2D eigenvalue weighted by molar-refractivity contribution is -0.155. The smallest absolute Gasteiger partial charge is 0.316 e. The Morgan fingerprint density at radius 1 is 1.55 bits per heavy atom. The van der Waals surface area contributed by atoms with Gasteiger partial charge in [0, 0.05) is 0 Å². The zero-order valence-corrected chi connectivity index (χ0v) is 7.00. The monoisotopic (exact) mass is 158 g/mol. The van der Waals surface area contributed by atoms with Crippen LogP contribution in [0.15, 0.2) is 0 Å². The molecule has 0 amide bonds. The molecule has 1 unspecified atom stereocenters. The van der Waals surface area contributed by atoms with E-state index in [1.165, 1.54) is 0 Å². The molecule has 0 aliphatic heterocycles. The summed E-state index contributed by atoms with van der Waals surface area (Å²) in [5, 5.41) is 0. The first kappa shape index (κ1) is 10.1. The Hall–Kier alpha value is -0.860. The minimum Gasteiger partial charge on any atom is -0.395 e. The summed E-state index contributed by atoms with van der Waals surface area (Å²) in [7, 11) is 0. The van der Waals surface area contributed by atoms with Crippen molar-refractivity contribution in [3.63, 3.8) is 0 Å². The lowest BCUT2D eigenvalue weighted by Crippen LogP contribution is -2.15. The van der Waals surface area contributed by atoms with Gasteiger partial charge in [-0.2, -0.15) is 0 Å². The van der Waals surface area contributed by atoms with E-state index in [2.05, 4.69) is 4.74 Å². The van der Waals surface area contributed by atoms with Gasteiger partial charge in [0.1, 0.15) is 0 Å². The number of hydrogen-bond acceptors (Lipinski definition) is 3. The van der Waals surface area contributed by atoms with Gasteiger partial charge in [-0.25, -0.2) is 0 Å². The molecule has 0 aliphatic carbocycles. The number of carbonyl (C=O) groups excluding carboxylic acids is 2. The van der Waals surface area contributed by atoms with Gasteiger partial charge in [-0.3, -0.25) is 9.59 Å². The maximum atomic E-state index is 10.9. The Balaban J connectivity index is 3.80. The minimum absolute atomic E-state index is 0.106. The summed E-state index contributed by atoms with van der Waals surface area (Å²) in [6.45, 7) is 4.10. The molecule has 0 saturated heterocycles. The number of esters is 1. The fraction of sp³-hybridized carbons (Fsp3) is 0.750. The highest BCUT2D eigenvalue weighted by Crippen LogP contribution is 2.11. The summed E-state index contributed by atoms with van der Waals surface area (Å²) in [6.07, 6.45) is 2.47. The zero-order valence-electron chi connectivity index (χ0n) is 7.00. The predicted octanol–water partition coefficient (Wildman–Crippen LogP) is 1.51. The van der Waals surface area contributed by atoms with Gasteiger partial charge in [0.2, 0.25) is 0 Å². The average molecular weight is 158 g/mol. The number of hydrogen-bond donors (Lipinski definition) is 0. The first-order chi connectivity index (χ1) is 5.26. The largest absolute Gasteiger partial charge is 0.395 e. The molecular formula is C8H14O3. The van der Waals surface area contributed by atoms with Gasteiger partial charge in [-0.15, -0.1) is 0 Å². The van der Waals surface area contributed by atoms with Crippen molar-refractivity contribution >= 4 is 12.4 Å². The van der Waals surface area contributed by atoms with E-state index < -0.39 is 5.97 Å². The molecule has 1 atom stereocenters. The van der Waals surface area contributed by atoms with Crippen molar-refractivity contribution in [3.8, 4) is 0 Å². The van der Waals surface area contributed by atoms with Crippen molar-refractivity contribution in [2.24, 2.45) is 5.92 Å². The van der Waals surface area contributed by atoms with Crippen molar-refractivity contribution in [3.05, 3.63) is 0 Å². The Morgan fingerprint density at radius 2 is 2.18 bits per heavy atom. The van der Waals surface area contributed by atoms with Crippen LogP contribution < -0.4 is 0 Å². The van der Waals surface area contributed by atoms with Crippen LogP contribution in [0.25, 0.3) is 0 Å². The second kappa shape index (κ2) is 5.89. The zero-order chi connectivity index (χ0) is 8.69. The molecule has 0 N–H and O–H groups in total. The minimum atomic E-state index is -0.399. The highest BCUT2D eigenvalue weighted by atomic mass is 16.6. The first-order valence-electron chi connectivity index (χ1n) is 3.90. The second-order valence-electron chi connectivity index (χ2n) is 2.43. The van der Waals surface area contributed by atoms with Crippen molar-refractivity contribution in [2.45, 2.75) is 33.1 Å². The molecule has 0 rings (SSSR count). The number of rotatable bonds is 5. The molecule has 0 bridgehead atoms. The molecule has 0 saturated carbocycles. The van der Waals surface area contributed by atoms with E-state index in [1.807, 2.05) is 13.8 Å². The van der Waals surface area contributed by atoms with Crippen LogP contribution in [0.5, 0.6) is 0 Å². The van der Waals surface area contributed by atoms with Crippen LogP contribution in [0, 0.1) is 5.92 Å². The van der Waals surface area contributed by atoms with Crippen LogP contribution >= 0.6 is 0 Å². The Bertz CT molecular complexity index is 131. The van der Waals surface area contributed by atoms with Crippen LogP contribution in [-0.4, -0.2) is 12.4 Å². The van der Waals surface area contributed by atoms with Crippen molar-refractivity contribution < 1.29 is 14.3 Å². The number of carbonyl (C=O) groups is 2. The summed E-state index contributed by atoms with van der Waals surface area (Å²) in [4.78, 5) is 20.7. The van der Waals surface area contributed by atoms with Gasteiger partial charge < -0.3 is 4.74 Å². The summed E-state index contributed by atoms with van der Waals surface area (Å²) in [5.41, 5.74) is 0. The molecule has 64 valence electrons. The Morgan fingerprint density at radius 3 is 2.55 bits per heavy atom. The summed E-state index contributed by atoms with van der Waals surface area (Å²) >= 11 is 0. The van der Waals surface area contributed by atoms with Gasteiger partial charge in [0.25, 0.3) is 0 Å². The van der Waals surface area contributed by atoms with Crippen LogP contribution in [0.4, 0.5) is 0 Å². The van der Waals surface area contributed by atoms with Gasteiger partial charge in [-0.1, -0.05) is 20.3 Å². The quantitative estimate of drug-likeness (QED) is 0.346. The molecule has 11 heavy (non-hydrogen) atoms. The summed E-state index contributed by atoms with van der Waals surface area (Å²) < 4.78 is 4.23. The van der Waals surface area contributed by atoms with E-state index in [-0.39, 0.29) is 12.4 Å². The van der Waals surface area contributed by atoms with Crippen molar-refractivity contribution in [2.75, 3.05) is 0 Å². The Kier molecular flexibility index (Phi) is 5.43. The fourth-order valence-electron chi connectivity index (χ4n) is 0.981. The van der Waals surface area contributed by atoms with Gasteiger partial charge >= 0.3 is 12.4 Å². The SMILES string of the molecule is CCCC(CC)C(=O)OC=O. The van der Waals surface area contributed by atoms with E-state index in [4.69, 9.17) is 0 Å². The highest BCUT2D eigenvalue weighted by Gasteiger charge is 2.15. The third-order valence-electron chi connectivity index (χ3n) is 1.63. The lowest BCUT2D eigenvalue weighted by Gasteiger charge is -2.08. The maximum absolute atomic E-state index is 10.9. The third kappa shape index (κ3) is 3.75. The Labute approximate surface area is 66.7 Å². The highest BCUT2D eigenvalue weighted by molar-refractivity contribution is 5.78.